The molecule has 7 nitrogen and oxygen atoms in total. The SMILES string of the molecule is CN=C(NCCc1nc(C(C)C)no1)NCc1sc(C)nc1C.I. The van der Waals surface area contributed by atoms with Crippen molar-refractivity contribution >= 4 is 41.3 Å². The summed E-state index contributed by atoms with van der Waals surface area (Å²) >= 11 is 1.70. The van der Waals surface area contributed by atoms with Crippen molar-refractivity contribution in [3.8, 4) is 0 Å². The van der Waals surface area contributed by atoms with E-state index in [1.165, 1.54) is 4.88 Å². The second-order valence-corrected chi connectivity index (χ2v) is 6.83. The molecule has 2 N–H and O–H groups in total. The van der Waals surface area contributed by atoms with Gasteiger partial charge in [0.15, 0.2) is 11.8 Å². The summed E-state index contributed by atoms with van der Waals surface area (Å²) < 4.78 is 5.22. The lowest BCUT2D eigenvalue weighted by Gasteiger charge is -2.10. The molecule has 0 amide bonds. The Morgan fingerprint density at radius 1 is 1.25 bits per heavy atom. The number of aromatic nitrogens is 3. The van der Waals surface area contributed by atoms with Crippen molar-refractivity contribution in [3.63, 3.8) is 0 Å². The van der Waals surface area contributed by atoms with Crippen molar-refractivity contribution < 1.29 is 4.52 Å². The molecule has 0 aliphatic heterocycles. The lowest BCUT2D eigenvalue weighted by atomic mass is 10.2. The molecule has 0 aliphatic rings. The molecule has 9 heteroatoms. The molecule has 2 aromatic rings. The van der Waals surface area contributed by atoms with Crippen LogP contribution in [0, 0.1) is 13.8 Å². The van der Waals surface area contributed by atoms with Crippen molar-refractivity contribution in [2.24, 2.45) is 4.99 Å². The molecule has 2 heterocycles. The summed E-state index contributed by atoms with van der Waals surface area (Å²) in [5.74, 6) is 2.42. The highest BCUT2D eigenvalue weighted by Gasteiger charge is 2.10. The zero-order valence-corrected chi connectivity index (χ0v) is 17.9. The first-order valence-electron chi connectivity index (χ1n) is 7.69. The summed E-state index contributed by atoms with van der Waals surface area (Å²) in [6, 6.07) is 0. The summed E-state index contributed by atoms with van der Waals surface area (Å²) in [4.78, 5) is 14.2. The molecular formula is C15H25IN6OS. The fourth-order valence-corrected chi connectivity index (χ4v) is 2.89. The molecule has 0 aromatic carbocycles. The second kappa shape index (κ2) is 9.92. The van der Waals surface area contributed by atoms with Crippen LogP contribution in [-0.2, 0) is 13.0 Å². The molecule has 0 bridgehead atoms. The first kappa shape index (κ1) is 20.8. The van der Waals surface area contributed by atoms with Gasteiger partial charge in [0.1, 0.15) is 0 Å². The third kappa shape index (κ3) is 6.00. The molecule has 0 atom stereocenters. The molecule has 0 aliphatic carbocycles. The summed E-state index contributed by atoms with van der Waals surface area (Å²) in [5, 5.41) is 11.6. The molecule has 0 unspecified atom stereocenters. The highest BCUT2D eigenvalue weighted by Crippen LogP contribution is 2.16. The van der Waals surface area contributed by atoms with E-state index >= 15 is 0 Å². The van der Waals surface area contributed by atoms with Crippen molar-refractivity contribution in [1.82, 2.24) is 25.8 Å². The zero-order valence-electron chi connectivity index (χ0n) is 14.7. The predicted octanol–water partition coefficient (Wildman–Crippen LogP) is 2.79. The average molecular weight is 464 g/mol. The first-order valence-corrected chi connectivity index (χ1v) is 8.51. The monoisotopic (exact) mass is 464 g/mol. The maximum Gasteiger partial charge on any atom is 0.228 e. The van der Waals surface area contributed by atoms with Gasteiger partial charge in [0, 0.05) is 30.8 Å². The van der Waals surface area contributed by atoms with E-state index in [-0.39, 0.29) is 29.9 Å². The van der Waals surface area contributed by atoms with Gasteiger partial charge in [-0.25, -0.2) is 4.98 Å². The van der Waals surface area contributed by atoms with E-state index < -0.39 is 0 Å². The Morgan fingerprint density at radius 3 is 2.54 bits per heavy atom. The van der Waals surface area contributed by atoms with Crippen molar-refractivity contribution in [3.05, 3.63) is 27.3 Å². The third-order valence-corrected chi connectivity index (χ3v) is 4.34. The van der Waals surface area contributed by atoms with Gasteiger partial charge < -0.3 is 15.2 Å². The Balaban J connectivity index is 0.00000288. The van der Waals surface area contributed by atoms with Gasteiger partial charge in [-0.2, -0.15) is 4.98 Å². The Hall–Kier alpha value is -1.23. The van der Waals surface area contributed by atoms with E-state index in [4.69, 9.17) is 4.52 Å². The highest BCUT2D eigenvalue weighted by atomic mass is 127. The number of halogens is 1. The Kier molecular flexibility index (Phi) is 8.60. The lowest BCUT2D eigenvalue weighted by molar-refractivity contribution is 0.371. The van der Waals surface area contributed by atoms with Crippen LogP contribution in [0.2, 0.25) is 0 Å². The molecule has 0 spiro atoms. The van der Waals surface area contributed by atoms with Gasteiger partial charge in [-0.15, -0.1) is 35.3 Å². The number of rotatable bonds is 6. The summed E-state index contributed by atoms with van der Waals surface area (Å²) in [6.45, 7) is 9.53. The quantitative estimate of drug-likeness (QED) is 0.389. The van der Waals surface area contributed by atoms with E-state index in [1.807, 2.05) is 27.7 Å². The number of hydrogen-bond donors (Lipinski definition) is 2. The van der Waals surface area contributed by atoms with Crippen molar-refractivity contribution in [1.29, 1.82) is 0 Å². The van der Waals surface area contributed by atoms with Crippen LogP contribution in [0.5, 0.6) is 0 Å². The molecule has 2 aromatic heterocycles. The molecular weight excluding hydrogens is 439 g/mol. The van der Waals surface area contributed by atoms with E-state index in [9.17, 15) is 0 Å². The minimum Gasteiger partial charge on any atom is -0.356 e. The summed E-state index contributed by atoms with van der Waals surface area (Å²) in [7, 11) is 1.75. The van der Waals surface area contributed by atoms with Crippen LogP contribution >= 0.6 is 35.3 Å². The normalized spacial score (nSPS) is 11.5. The topological polar surface area (TPSA) is 88.2 Å². The highest BCUT2D eigenvalue weighted by molar-refractivity contribution is 14.0. The fraction of sp³-hybridized carbons (Fsp3) is 0.600. The number of nitrogens with zero attached hydrogens (tertiary/aromatic N) is 4. The molecule has 134 valence electrons. The molecule has 0 saturated heterocycles. The van der Waals surface area contributed by atoms with Crippen LogP contribution in [0.3, 0.4) is 0 Å². The maximum atomic E-state index is 5.22. The van der Waals surface area contributed by atoms with Gasteiger partial charge in [0.05, 0.1) is 17.2 Å². The number of nitrogens with one attached hydrogen (secondary N) is 2. The standard InChI is InChI=1S/C15H24N6OS.HI/c1-9(2)14-20-13(22-21-14)6-7-17-15(16-5)18-8-12-10(3)19-11(4)23-12;/h9H,6-8H2,1-5H3,(H2,16,17,18);1H. The first-order chi connectivity index (χ1) is 11.0. The minimum atomic E-state index is 0. The van der Waals surface area contributed by atoms with Crippen LogP contribution in [0.4, 0.5) is 0 Å². The molecule has 24 heavy (non-hydrogen) atoms. The zero-order chi connectivity index (χ0) is 16.8. The average Bonchev–Trinajstić information content (AvgIpc) is 3.09. The van der Waals surface area contributed by atoms with E-state index in [2.05, 4.69) is 30.8 Å². The predicted molar refractivity (Wildman–Crippen MR) is 107 cm³/mol. The van der Waals surface area contributed by atoms with Crippen LogP contribution in [0.25, 0.3) is 0 Å². The van der Waals surface area contributed by atoms with Crippen molar-refractivity contribution in [2.45, 2.75) is 46.6 Å². The van der Waals surface area contributed by atoms with E-state index in [1.54, 1.807) is 18.4 Å². The second-order valence-electron chi connectivity index (χ2n) is 5.55. The number of hydrogen-bond acceptors (Lipinski definition) is 6. The van der Waals surface area contributed by atoms with Gasteiger partial charge in [0.2, 0.25) is 5.89 Å². The smallest absolute Gasteiger partial charge is 0.228 e. The fourth-order valence-electron chi connectivity index (χ4n) is 2.01. The largest absolute Gasteiger partial charge is 0.356 e. The van der Waals surface area contributed by atoms with E-state index in [0.717, 1.165) is 29.0 Å². The summed E-state index contributed by atoms with van der Waals surface area (Å²) in [6.07, 6.45) is 0.666. The molecule has 2 rings (SSSR count). The van der Waals surface area contributed by atoms with Crippen LogP contribution in [0.15, 0.2) is 9.52 Å². The Morgan fingerprint density at radius 2 is 2.00 bits per heavy atom. The molecule has 0 fully saturated rings. The Labute approximate surface area is 163 Å². The third-order valence-electron chi connectivity index (χ3n) is 3.27. The number of aliphatic imine (C=N–C) groups is 1. The van der Waals surface area contributed by atoms with Gasteiger partial charge in [0.25, 0.3) is 0 Å². The van der Waals surface area contributed by atoms with Gasteiger partial charge in [-0.3, -0.25) is 4.99 Å². The number of guanidine groups is 1. The summed E-state index contributed by atoms with van der Waals surface area (Å²) in [5.41, 5.74) is 1.07. The molecule has 0 saturated carbocycles. The maximum absolute atomic E-state index is 5.22. The van der Waals surface area contributed by atoms with Crippen LogP contribution < -0.4 is 10.6 Å². The van der Waals surface area contributed by atoms with Gasteiger partial charge in [-0.1, -0.05) is 19.0 Å². The van der Waals surface area contributed by atoms with Crippen LogP contribution in [0.1, 0.15) is 47.1 Å². The number of aryl methyl sites for hydroxylation is 2. The van der Waals surface area contributed by atoms with Crippen molar-refractivity contribution in [2.75, 3.05) is 13.6 Å². The lowest BCUT2D eigenvalue weighted by Crippen LogP contribution is -2.37. The van der Waals surface area contributed by atoms with Gasteiger partial charge >= 0.3 is 0 Å². The minimum absolute atomic E-state index is 0. The molecule has 0 radical (unpaired) electrons. The van der Waals surface area contributed by atoms with E-state index in [0.29, 0.717) is 18.9 Å². The number of thiazole rings is 1. The Bertz CT molecular complexity index is 667. The van der Waals surface area contributed by atoms with Gasteiger partial charge in [-0.05, 0) is 13.8 Å². The van der Waals surface area contributed by atoms with Crippen LogP contribution in [-0.4, -0.2) is 34.7 Å².